The van der Waals surface area contributed by atoms with Crippen LogP contribution in [0.25, 0.3) is 0 Å². The number of aromatic nitrogens is 3. The molecule has 0 radical (unpaired) electrons. The fourth-order valence-electron chi connectivity index (χ4n) is 2.81. The summed E-state index contributed by atoms with van der Waals surface area (Å²) in [5, 5.41) is 7.07. The zero-order chi connectivity index (χ0) is 18.5. The van der Waals surface area contributed by atoms with Crippen LogP contribution in [0.2, 0.25) is 0 Å². The van der Waals surface area contributed by atoms with E-state index in [1.165, 1.54) is 4.57 Å². The first kappa shape index (κ1) is 20.8. The number of nitrogens with one attached hydrogen (secondary N) is 1. The Hall–Kier alpha value is -2.51. The highest BCUT2D eigenvalue weighted by atomic mass is 35.5. The van der Waals surface area contributed by atoms with Crippen molar-refractivity contribution in [2.45, 2.75) is 32.9 Å². The minimum Gasteiger partial charge on any atom is -0.346 e. The first-order chi connectivity index (χ1) is 12.5. The maximum Gasteiger partial charge on any atom is 0.348 e. The largest absolute Gasteiger partial charge is 0.348 e. The molecule has 3 heterocycles. The van der Waals surface area contributed by atoms with Gasteiger partial charge in [-0.1, -0.05) is 6.07 Å². The number of rotatable bonds is 6. The number of carbonyl (C=O) groups is 1. The number of halogens is 1. The Morgan fingerprint density at radius 3 is 2.74 bits per heavy atom. The molecule has 1 unspecified atom stereocenters. The minimum atomic E-state index is -0.412. The lowest BCUT2D eigenvalue weighted by Crippen LogP contribution is -2.37. The van der Waals surface area contributed by atoms with E-state index < -0.39 is 5.69 Å². The Bertz CT molecular complexity index is 942. The molecule has 3 rings (SSSR count). The number of hydrogen-bond acceptors (Lipinski definition) is 5. The summed E-state index contributed by atoms with van der Waals surface area (Å²) >= 11 is 1.62. The predicted molar refractivity (Wildman–Crippen MR) is 108 cm³/mol. The summed E-state index contributed by atoms with van der Waals surface area (Å²) in [7, 11) is 0. The smallest absolute Gasteiger partial charge is 0.346 e. The van der Waals surface area contributed by atoms with Gasteiger partial charge in [0.05, 0.1) is 11.7 Å². The van der Waals surface area contributed by atoms with Crippen LogP contribution in [0.15, 0.2) is 52.1 Å². The van der Waals surface area contributed by atoms with Crippen molar-refractivity contribution in [3.05, 3.63) is 80.4 Å². The highest BCUT2D eigenvalue weighted by molar-refractivity contribution is 7.07. The van der Waals surface area contributed by atoms with Crippen LogP contribution in [-0.4, -0.2) is 20.4 Å². The molecule has 3 aromatic rings. The SMILES string of the molecule is Cc1cc(C)n(CC(=O)NC(Cc2ccsc2)c2ccccn2)c(=O)n1.Cl. The molecule has 27 heavy (non-hydrogen) atoms. The minimum absolute atomic E-state index is 0. The van der Waals surface area contributed by atoms with Crippen LogP contribution >= 0.6 is 23.7 Å². The van der Waals surface area contributed by atoms with E-state index in [0.717, 1.165) is 11.3 Å². The summed E-state index contributed by atoms with van der Waals surface area (Å²) in [5.74, 6) is -0.244. The molecule has 0 aliphatic carbocycles. The molecule has 1 atom stereocenters. The second kappa shape index (κ2) is 9.43. The molecular formula is C19H21ClN4O2S. The van der Waals surface area contributed by atoms with E-state index in [-0.39, 0.29) is 30.9 Å². The third kappa shape index (κ3) is 5.48. The van der Waals surface area contributed by atoms with Crippen molar-refractivity contribution < 1.29 is 4.79 Å². The van der Waals surface area contributed by atoms with Gasteiger partial charge in [0.1, 0.15) is 6.54 Å². The fourth-order valence-corrected chi connectivity index (χ4v) is 3.49. The highest BCUT2D eigenvalue weighted by Crippen LogP contribution is 2.18. The van der Waals surface area contributed by atoms with Gasteiger partial charge < -0.3 is 5.32 Å². The lowest BCUT2D eigenvalue weighted by molar-refractivity contribution is -0.122. The van der Waals surface area contributed by atoms with E-state index in [9.17, 15) is 9.59 Å². The van der Waals surface area contributed by atoms with Gasteiger partial charge in [-0.3, -0.25) is 14.3 Å². The number of nitrogens with zero attached hydrogens (tertiary/aromatic N) is 3. The summed E-state index contributed by atoms with van der Waals surface area (Å²) < 4.78 is 1.38. The molecule has 3 aromatic heterocycles. The lowest BCUT2D eigenvalue weighted by atomic mass is 10.1. The van der Waals surface area contributed by atoms with Gasteiger partial charge in [0.2, 0.25) is 5.91 Å². The van der Waals surface area contributed by atoms with E-state index in [1.54, 1.807) is 37.4 Å². The molecule has 0 bridgehead atoms. The normalized spacial score (nSPS) is 11.5. The maximum absolute atomic E-state index is 12.6. The Balaban J connectivity index is 0.00000261. The van der Waals surface area contributed by atoms with Crippen LogP contribution in [0.1, 0.15) is 28.7 Å². The van der Waals surface area contributed by atoms with Crippen LogP contribution < -0.4 is 11.0 Å². The van der Waals surface area contributed by atoms with Crippen LogP contribution in [0.5, 0.6) is 0 Å². The number of hydrogen-bond donors (Lipinski definition) is 1. The first-order valence-electron chi connectivity index (χ1n) is 8.29. The Labute approximate surface area is 167 Å². The van der Waals surface area contributed by atoms with Gasteiger partial charge in [-0.15, -0.1) is 12.4 Å². The molecule has 8 heteroatoms. The van der Waals surface area contributed by atoms with Crippen LogP contribution in [0.4, 0.5) is 0 Å². The fraction of sp³-hybridized carbons (Fsp3) is 0.263. The maximum atomic E-state index is 12.6. The Morgan fingerprint density at radius 1 is 1.30 bits per heavy atom. The number of aryl methyl sites for hydroxylation is 2. The van der Waals surface area contributed by atoms with E-state index in [0.29, 0.717) is 17.8 Å². The molecule has 6 nitrogen and oxygen atoms in total. The van der Waals surface area contributed by atoms with Crippen molar-refractivity contribution in [2.24, 2.45) is 0 Å². The molecule has 0 fully saturated rings. The predicted octanol–water partition coefficient (Wildman–Crippen LogP) is 2.84. The molecule has 0 saturated heterocycles. The Kier molecular flexibility index (Phi) is 7.27. The van der Waals surface area contributed by atoms with Gasteiger partial charge in [0.15, 0.2) is 0 Å². The second-order valence-electron chi connectivity index (χ2n) is 6.12. The number of carbonyl (C=O) groups excluding carboxylic acids is 1. The van der Waals surface area contributed by atoms with Crippen molar-refractivity contribution in [3.63, 3.8) is 0 Å². The van der Waals surface area contributed by atoms with Crippen molar-refractivity contribution >= 4 is 29.7 Å². The molecular weight excluding hydrogens is 384 g/mol. The van der Waals surface area contributed by atoms with Gasteiger partial charge in [-0.2, -0.15) is 16.3 Å². The van der Waals surface area contributed by atoms with Crippen LogP contribution in [0, 0.1) is 13.8 Å². The zero-order valence-corrected chi connectivity index (χ0v) is 16.7. The summed E-state index contributed by atoms with van der Waals surface area (Å²) in [4.78, 5) is 32.9. The summed E-state index contributed by atoms with van der Waals surface area (Å²) in [6.07, 6.45) is 2.35. The number of amides is 1. The summed E-state index contributed by atoms with van der Waals surface area (Å²) in [5.41, 5.74) is 2.87. The molecule has 0 aliphatic heterocycles. The lowest BCUT2D eigenvalue weighted by Gasteiger charge is -2.19. The molecule has 142 valence electrons. The average Bonchev–Trinajstić information content (AvgIpc) is 3.11. The van der Waals surface area contributed by atoms with Crippen molar-refractivity contribution in [3.8, 4) is 0 Å². The van der Waals surface area contributed by atoms with Gasteiger partial charge in [0, 0.05) is 17.6 Å². The third-order valence-electron chi connectivity index (χ3n) is 4.05. The quantitative estimate of drug-likeness (QED) is 0.685. The van der Waals surface area contributed by atoms with E-state index in [4.69, 9.17) is 0 Å². The molecule has 0 aromatic carbocycles. The Morgan fingerprint density at radius 2 is 2.11 bits per heavy atom. The molecule has 1 amide bonds. The molecule has 1 N–H and O–H groups in total. The topological polar surface area (TPSA) is 76.9 Å². The molecule has 0 spiro atoms. The zero-order valence-electron chi connectivity index (χ0n) is 15.1. The number of thiophene rings is 1. The first-order valence-corrected chi connectivity index (χ1v) is 9.23. The standard InChI is InChI=1S/C19H20N4O2S.ClH/c1-13-9-14(2)23(19(25)21-13)11-18(24)22-17(10-15-6-8-26-12-15)16-5-3-4-7-20-16;/h3-9,12,17H,10-11H2,1-2H3,(H,22,24);1H. The highest BCUT2D eigenvalue weighted by Gasteiger charge is 2.18. The van der Waals surface area contributed by atoms with Crippen LogP contribution in [0.3, 0.4) is 0 Å². The summed E-state index contributed by atoms with van der Waals surface area (Å²) in [6, 6.07) is 9.19. The second-order valence-corrected chi connectivity index (χ2v) is 6.90. The van der Waals surface area contributed by atoms with Gasteiger partial charge in [0.25, 0.3) is 0 Å². The van der Waals surface area contributed by atoms with Gasteiger partial charge in [-0.05, 0) is 60.9 Å². The van der Waals surface area contributed by atoms with Crippen molar-refractivity contribution in [1.29, 1.82) is 0 Å². The van der Waals surface area contributed by atoms with Gasteiger partial charge in [-0.25, -0.2) is 4.79 Å². The van der Waals surface area contributed by atoms with E-state index in [2.05, 4.69) is 20.7 Å². The van der Waals surface area contributed by atoms with Crippen molar-refractivity contribution in [1.82, 2.24) is 19.9 Å². The summed E-state index contributed by atoms with van der Waals surface area (Å²) in [6.45, 7) is 3.49. The van der Waals surface area contributed by atoms with Crippen LogP contribution in [-0.2, 0) is 17.8 Å². The van der Waals surface area contributed by atoms with Crippen molar-refractivity contribution in [2.75, 3.05) is 0 Å². The number of pyridine rings is 1. The third-order valence-corrected chi connectivity index (χ3v) is 4.78. The van der Waals surface area contributed by atoms with Gasteiger partial charge >= 0.3 is 5.69 Å². The van der Waals surface area contributed by atoms with E-state index in [1.807, 2.05) is 29.6 Å². The van der Waals surface area contributed by atoms with E-state index >= 15 is 0 Å². The molecule has 0 aliphatic rings. The monoisotopic (exact) mass is 404 g/mol. The molecule has 0 saturated carbocycles. The average molecular weight is 405 g/mol.